The Bertz CT molecular complexity index is 1080. The molecule has 2 fully saturated rings. The van der Waals surface area contributed by atoms with Gasteiger partial charge in [0.05, 0.1) is 7.11 Å². The summed E-state index contributed by atoms with van der Waals surface area (Å²) < 4.78 is 34.1. The Morgan fingerprint density at radius 2 is 1.78 bits per heavy atom. The van der Waals surface area contributed by atoms with Crippen molar-refractivity contribution < 1.29 is 17.9 Å². The van der Waals surface area contributed by atoms with E-state index < -0.39 is 10.0 Å². The molecule has 0 atom stereocenters. The summed E-state index contributed by atoms with van der Waals surface area (Å²) in [5, 5.41) is 0.680. The Kier molecular flexibility index (Phi) is 6.93. The summed E-state index contributed by atoms with van der Waals surface area (Å²) in [7, 11) is -2.36. The number of piperazine rings is 1. The largest absolute Gasteiger partial charge is 0.495 e. The molecule has 2 aliphatic rings. The van der Waals surface area contributed by atoms with Crippen LogP contribution in [0.3, 0.4) is 0 Å². The molecule has 9 heteroatoms. The van der Waals surface area contributed by atoms with E-state index in [0.29, 0.717) is 36.8 Å². The second-order valence-electron chi connectivity index (χ2n) is 8.23. The average Bonchev–Trinajstić information content (AvgIpc) is 3.30. The van der Waals surface area contributed by atoms with E-state index in [2.05, 4.69) is 9.62 Å². The molecule has 32 heavy (non-hydrogen) atoms. The third-order valence-electron chi connectivity index (χ3n) is 6.12. The van der Waals surface area contributed by atoms with Crippen molar-refractivity contribution in [1.29, 1.82) is 0 Å². The van der Waals surface area contributed by atoms with Crippen LogP contribution in [-0.2, 0) is 10.0 Å². The fourth-order valence-corrected chi connectivity index (χ4v) is 6.05. The van der Waals surface area contributed by atoms with E-state index in [1.807, 2.05) is 24.3 Å². The standard InChI is InChI=1S/C23H28ClN3O4S/c1-31-21-10-9-17(15-22(21)32(29,30)25-19-6-2-3-7-19)23(28)27-13-11-26(12-14-27)20-8-4-5-18(24)16-20/h4-5,8-10,15-16,19,25H,2-3,6-7,11-14H2,1H3. The third-order valence-corrected chi connectivity index (χ3v) is 7.89. The van der Waals surface area contributed by atoms with Gasteiger partial charge in [0.15, 0.2) is 0 Å². The number of benzene rings is 2. The number of rotatable bonds is 6. The number of nitrogens with one attached hydrogen (secondary N) is 1. The minimum atomic E-state index is -3.79. The molecule has 0 spiro atoms. The first-order chi connectivity index (χ1) is 15.4. The number of sulfonamides is 1. The van der Waals surface area contributed by atoms with Crippen molar-refractivity contribution in [3.8, 4) is 5.75 Å². The lowest BCUT2D eigenvalue weighted by Gasteiger charge is -2.36. The molecule has 1 saturated heterocycles. The van der Waals surface area contributed by atoms with E-state index in [9.17, 15) is 13.2 Å². The maximum atomic E-state index is 13.2. The van der Waals surface area contributed by atoms with Gasteiger partial charge in [0.1, 0.15) is 10.6 Å². The van der Waals surface area contributed by atoms with Crippen molar-refractivity contribution in [2.45, 2.75) is 36.6 Å². The first-order valence-corrected chi connectivity index (χ1v) is 12.7. The molecule has 0 radical (unpaired) electrons. The van der Waals surface area contributed by atoms with Crippen LogP contribution in [-0.4, -0.2) is 58.6 Å². The van der Waals surface area contributed by atoms with E-state index in [0.717, 1.165) is 31.4 Å². The van der Waals surface area contributed by atoms with Crippen molar-refractivity contribution >= 4 is 33.2 Å². The molecule has 0 aromatic heterocycles. The Labute approximate surface area is 194 Å². The molecule has 1 N–H and O–H groups in total. The molecule has 1 heterocycles. The van der Waals surface area contributed by atoms with Gasteiger partial charge in [0.2, 0.25) is 10.0 Å². The summed E-state index contributed by atoms with van der Waals surface area (Å²) in [4.78, 5) is 17.1. The molecule has 1 amide bonds. The predicted octanol–water partition coefficient (Wildman–Crippen LogP) is 3.53. The first-order valence-electron chi connectivity index (χ1n) is 10.9. The van der Waals surface area contributed by atoms with E-state index in [-0.39, 0.29) is 22.6 Å². The maximum absolute atomic E-state index is 13.2. The molecule has 4 rings (SSSR count). The van der Waals surface area contributed by atoms with Gasteiger partial charge in [-0.1, -0.05) is 30.5 Å². The topological polar surface area (TPSA) is 79.0 Å². The van der Waals surface area contributed by atoms with Crippen LogP contribution in [0.25, 0.3) is 0 Å². The molecule has 2 aromatic rings. The van der Waals surface area contributed by atoms with Gasteiger partial charge < -0.3 is 14.5 Å². The quantitative estimate of drug-likeness (QED) is 0.688. The van der Waals surface area contributed by atoms with Gasteiger partial charge in [0.25, 0.3) is 5.91 Å². The fourth-order valence-electron chi connectivity index (χ4n) is 4.37. The Hall–Kier alpha value is -2.29. The Morgan fingerprint density at radius 1 is 1.06 bits per heavy atom. The van der Waals surface area contributed by atoms with Crippen LogP contribution in [0, 0.1) is 0 Å². The lowest BCUT2D eigenvalue weighted by molar-refractivity contribution is 0.0746. The highest BCUT2D eigenvalue weighted by atomic mass is 35.5. The highest BCUT2D eigenvalue weighted by molar-refractivity contribution is 7.89. The molecule has 2 aromatic carbocycles. The van der Waals surface area contributed by atoms with Crippen LogP contribution < -0.4 is 14.4 Å². The third kappa shape index (κ3) is 5.03. The van der Waals surface area contributed by atoms with Gasteiger partial charge in [-0.05, 0) is 49.2 Å². The lowest BCUT2D eigenvalue weighted by Crippen LogP contribution is -2.48. The number of methoxy groups -OCH3 is 1. The van der Waals surface area contributed by atoms with Crippen LogP contribution in [0.4, 0.5) is 5.69 Å². The summed E-state index contributed by atoms with van der Waals surface area (Å²) in [5.41, 5.74) is 1.37. The van der Waals surface area contributed by atoms with Crippen LogP contribution in [0.2, 0.25) is 5.02 Å². The number of carbonyl (C=O) groups is 1. The number of ether oxygens (including phenoxy) is 1. The van der Waals surface area contributed by atoms with E-state index in [4.69, 9.17) is 16.3 Å². The van der Waals surface area contributed by atoms with E-state index in [1.165, 1.54) is 13.2 Å². The van der Waals surface area contributed by atoms with Crippen molar-refractivity contribution in [3.05, 3.63) is 53.1 Å². The molecule has 0 unspecified atom stereocenters. The van der Waals surface area contributed by atoms with Crippen molar-refractivity contribution in [3.63, 3.8) is 0 Å². The van der Waals surface area contributed by atoms with Crippen molar-refractivity contribution in [2.24, 2.45) is 0 Å². The zero-order chi connectivity index (χ0) is 22.7. The number of hydrogen-bond acceptors (Lipinski definition) is 5. The minimum Gasteiger partial charge on any atom is -0.495 e. The summed E-state index contributed by atoms with van der Waals surface area (Å²) in [6, 6.07) is 12.2. The SMILES string of the molecule is COc1ccc(C(=O)N2CCN(c3cccc(Cl)c3)CC2)cc1S(=O)(=O)NC1CCCC1. The van der Waals surface area contributed by atoms with Crippen molar-refractivity contribution in [1.82, 2.24) is 9.62 Å². The van der Waals surface area contributed by atoms with Crippen LogP contribution in [0.15, 0.2) is 47.4 Å². The summed E-state index contributed by atoms with van der Waals surface area (Å²) >= 11 is 6.10. The smallest absolute Gasteiger partial charge is 0.254 e. The van der Waals surface area contributed by atoms with Gasteiger partial charge in [-0.2, -0.15) is 0 Å². The van der Waals surface area contributed by atoms with Gasteiger partial charge in [-0.3, -0.25) is 4.79 Å². The van der Waals surface area contributed by atoms with Gasteiger partial charge in [-0.15, -0.1) is 0 Å². The molecule has 1 saturated carbocycles. The van der Waals surface area contributed by atoms with Crippen LogP contribution in [0.5, 0.6) is 5.75 Å². The molecule has 7 nitrogen and oxygen atoms in total. The van der Waals surface area contributed by atoms with Gasteiger partial charge in [-0.25, -0.2) is 13.1 Å². The Morgan fingerprint density at radius 3 is 2.44 bits per heavy atom. The normalized spacial score (nSPS) is 17.6. The van der Waals surface area contributed by atoms with Crippen molar-refractivity contribution in [2.75, 3.05) is 38.2 Å². The minimum absolute atomic E-state index is 0.00955. The number of amides is 1. The van der Waals surface area contributed by atoms with Crippen LogP contribution in [0.1, 0.15) is 36.0 Å². The van der Waals surface area contributed by atoms with Gasteiger partial charge >= 0.3 is 0 Å². The zero-order valence-electron chi connectivity index (χ0n) is 18.1. The number of carbonyl (C=O) groups excluding carboxylic acids is 1. The van der Waals surface area contributed by atoms with E-state index in [1.54, 1.807) is 17.0 Å². The molecular formula is C23H28ClN3O4S. The zero-order valence-corrected chi connectivity index (χ0v) is 19.7. The molecule has 1 aliphatic heterocycles. The number of hydrogen-bond donors (Lipinski definition) is 1. The predicted molar refractivity (Wildman–Crippen MR) is 125 cm³/mol. The number of halogens is 1. The highest BCUT2D eigenvalue weighted by Crippen LogP contribution is 2.28. The second kappa shape index (κ2) is 9.68. The summed E-state index contributed by atoms with van der Waals surface area (Å²) in [6.45, 7) is 2.44. The molecular weight excluding hydrogens is 450 g/mol. The monoisotopic (exact) mass is 477 g/mol. The lowest BCUT2D eigenvalue weighted by atomic mass is 10.1. The molecule has 172 valence electrons. The van der Waals surface area contributed by atoms with Crippen LogP contribution >= 0.6 is 11.6 Å². The first kappa shape index (κ1) is 22.9. The molecule has 1 aliphatic carbocycles. The second-order valence-corrected chi connectivity index (χ2v) is 10.3. The van der Waals surface area contributed by atoms with Gasteiger partial charge in [0, 0.05) is 48.5 Å². The fraction of sp³-hybridized carbons (Fsp3) is 0.435. The number of nitrogens with zero attached hydrogens (tertiary/aromatic N) is 2. The highest BCUT2D eigenvalue weighted by Gasteiger charge is 2.28. The van der Waals surface area contributed by atoms with E-state index >= 15 is 0 Å². The maximum Gasteiger partial charge on any atom is 0.254 e. The summed E-state index contributed by atoms with van der Waals surface area (Å²) in [6.07, 6.45) is 3.70. The number of anilines is 1. The molecule has 0 bridgehead atoms. The Balaban J connectivity index is 1.49. The summed E-state index contributed by atoms with van der Waals surface area (Å²) in [5.74, 6) is 0.0496. The average molecular weight is 478 g/mol.